The van der Waals surface area contributed by atoms with Crippen LogP contribution in [0.15, 0.2) is 91.1 Å². The average Bonchev–Trinajstić information content (AvgIpc) is 3.38. The number of amides is 3. The molecule has 1 aromatic heterocycles. The zero-order chi connectivity index (χ0) is 29.2. The van der Waals surface area contributed by atoms with Crippen molar-refractivity contribution in [1.29, 1.82) is 0 Å². The molecule has 0 bridgehead atoms. The Balaban J connectivity index is 1.51. The summed E-state index contributed by atoms with van der Waals surface area (Å²) in [5.41, 5.74) is 9.67. The SMILES string of the molecule is NC(Cc1c[nH]c2ccccc12)C(=O)NC(Cc1ccccc1)C(=O)NC(Cc1ccccc1)C(=O)NCC(=O)O. The molecular weight excluding hydrogens is 522 g/mol. The molecule has 3 unspecified atom stereocenters. The van der Waals surface area contributed by atoms with Crippen molar-refractivity contribution in [3.63, 3.8) is 0 Å². The second kappa shape index (κ2) is 13.9. The maximum atomic E-state index is 13.6. The number of carbonyl (C=O) groups excluding carboxylic acids is 3. The van der Waals surface area contributed by atoms with Crippen molar-refractivity contribution in [3.8, 4) is 0 Å². The molecule has 0 radical (unpaired) electrons. The largest absolute Gasteiger partial charge is 0.480 e. The van der Waals surface area contributed by atoms with Gasteiger partial charge >= 0.3 is 5.97 Å². The van der Waals surface area contributed by atoms with E-state index in [4.69, 9.17) is 10.8 Å². The molecule has 7 N–H and O–H groups in total. The number of para-hydroxylation sites is 1. The first-order valence-electron chi connectivity index (χ1n) is 13.3. The van der Waals surface area contributed by atoms with E-state index in [1.54, 1.807) is 24.3 Å². The summed E-state index contributed by atoms with van der Waals surface area (Å²) in [4.78, 5) is 53.9. The highest BCUT2D eigenvalue weighted by atomic mass is 16.4. The summed E-state index contributed by atoms with van der Waals surface area (Å²) >= 11 is 0. The van der Waals surface area contributed by atoms with Crippen LogP contribution in [-0.4, -0.2) is 58.5 Å². The number of aromatic amines is 1. The molecule has 0 saturated heterocycles. The van der Waals surface area contributed by atoms with Gasteiger partial charge in [-0.3, -0.25) is 19.2 Å². The highest BCUT2D eigenvalue weighted by Gasteiger charge is 2.29. The highest BCUT2D eigenvalue weighted by Crippen LogP contribution is 2.19. The molecule has 10 heteroatoms. The number of rotatable bonds is 13. The molecular formula is C31H33N5O5. The number of aromatic nitrogens is 1. The van der Waals surface area contributed by atoms with Crippen LogP contribution in [-0.2, 0) is 38.4 Å². The minimum Gasteiger partial charge on any atom is -0.480 e. The number of carboxylic acid groups (broad SMARTS) is 1. The Morgan fingerprint density at radius 2 is 1.24 bits per heavy atom. The lowest BCUT2D eigenvalue weighted by Gasteiger charge is -2.24. The van der Waals surface area contributed by atoms with Gasteiger partial charge in [0, 0.05) is 29.9 Å². The maximum absolute atomic E-state index is 13.6. The van der Waals surface area contributed by atoms with Gasteiger partial charge in [-0.05, 0) is 29.2 Å². The minimum atomic E-state index is -1.21. The fourth-order valence-corrected chi connectivity index (χ4v) is 4.59. The molecule has 10 nitrogen and oxygen atoms in total. The van der Waals surface area contributed by atoms with Crippen LogP contribution >= 0.6 is 0 Å². The molecule has 0 fully saturated rings. The standard InChI is InChI=1S/C31H33N5O5/c32-24(17-22-18-33-25-14-8-7-13-23(22)25)29(39)35-27(16-21-11-5-2-6-12-21)31(41)36-26(30(40)34-19-28(37)38)15-20-9-3-1-4-10-20/h1-14,18,24,26-27,33H,15-17,19,32H2,(H,34,40)(H,35,39)(H,36,41)(H,37,38). The third kappa shape index (κ3) is 8.26. The van der Waals surface area contributed by atoms with Gasteiger partial charge in [0.1, 0.15) is 18.6 Å². The number of nitrogens with two attached hydrogens (primary N) is 1. The molecule has 0 aliphatic rings. The summed E-state index contributed by atoms with van der Waals surface area (Å²) in [5.74, 6) is -2.96. The average molecular weight is 556 g/mol. The van der Waals surface area contributed by atoms with Crippen molar-refractivity contribution in [2.24, 2.45) is 5.73 Å². The first-order valence-corrected chi connectivity index (χ1v) is 13.3. The Hall–Kier alpha value is -4.96. The highest BCUT2D eigenvalue weighted by molar-refractivity contribution is 5.94. The Kier molecular flexibility index (Phi) is 9.85. The van der Waals surface area contributed by atoms with Crippen LogP contribution in [0.5, 0.6) is 0 Å². The van der Waals surface area contributed by atoms with E-state index in [0.29, 0.717) is 0 Å². The molecule has 41 heavy (non-hydrogen) atoms. The predicted molar refractivity (Wildman–Crippen MR) is 155 cm³/mol. The second-order valence-electron chi connectivity index (χ2n) is 9.78. The van der Waals surface area contributed by atoms with Crippen LogP contribution in [0.3, 0.4) is 0 Å². The van der Waals surface area contributed by atoms with Gasteiger partial charge in [0.05, 0.1) is 6.04 Å². The molecule has 4 rings (SSSR count). The first kappa shape index (κ1) is 29.0. The van der Waals surface area contributed by atoms with E-state index in [2.05, 4.69) is 20.9 Å². The van der Waals surface area contributed by atoms with E-state index in [1.165, 1.54) is 0 Å². The smallest absolute Gasteiger partial charge is 0.322 e. The number of benzene rings is 3. The number of nitrogens with one attached hydrogen (secondary N) is 4. The number of carboxylic acids is 1. The fourth-order valence-electron chi connectivity index (χ4n) is 4.59. The minimum absolute atomic E-state index is 0.129. The lowest BCUT2D eigenvalue weighted by molar-refractivity contribution is -0.138. The normalized spacial score (nSPS) is 13.1. The zero-order valence-electron chi connectivity index (χ0n) is 22.4. The van der Waals surface area contributed by atoms with Crippen LogP contribution in [0, 0.1) is 0 Å². The van der Waals surface area contributed by atoms with Gasteiger partial charge in [0.2, 0.25) is 17.7 Å². The van der Waals surface area contributed by atoms with Gasteiger partial charge in [-0.15, -0.1) is 0 Å². The number of hydrogen-bond donors (Lipinski definition) is 6. The Bertz CT molecular complexity index is 1490. The van der Waals surface area contributed by atoms with E-state index in [1.807, 2.05) is 66.9 Å². The Morgan fingerprint density at radius 3 is 1.85 bits per heavy atom. The molecule has 212 valence electrons. The van der Waals surface area contributed by atoms with Crippen molar-refractivity contribution in [2.45, 2.75) is 37.4 Å². The molecule has 4 aromatic rings. The Labute approximate surface area is 237 Å². The fraction of sp³-hybridized carbons (Fsp3) is 0.226. The van der Waals surface area contributed by atoms with Gasteiger partial charge < -0.3 is 31.8 Å². The maximum Gasteiger partial charge on any atom is 0.322 e. The molecule has 0 spiro atoms. The van der Waals surface area contributed by atoms with E-state index >= 15 is 0 Å². The number of fused-ring (bicyclic) bond motifs is 1. The monoisotopic (exact) mass is 555 g/mol. The number of carbonyl (C=O) groups is 4. The molecule has 0 aliphatic carbocycles. The summed E-state index contributed by atoms with van der Waals surface area (Å²) in [6.45, 7) is -0.590. The third-order valence-electron chi connectivity index (χ3n) is 6.70. The molecule has 0 aliphatic heterocycles. The molecule has 3 amide bonds. The number of H-pyrrole nitrogens is 1. The van der Waals surface area contributed by atoms with Crippen LogP contribution in [0.25, 0.3) is 10.9 Å². The van der Waals surface area contributed by atoms with Crippen LogP contribution in [0.2, 0.25) is 0 Å². The lowest BCUT2D eigenvalue weighted by atomic mass is 10.0. The van der Waals surface area contributed by atoms with Crippen LogP contribution in [0.1, 0.15) is 16.7 Å². The van der Waals surface area contributed by atoms with Crippen molar-refractivity contribution < 1.29 is 24.3 Å². The Morgan fingerprint density at radius 1 is 0.707 bits per heavy atom. The number of hydrogen-bond acceptors (Lipinski definition) is 5. The zero-order valence-corrected chi connectivity index (χ0v) is 22.4. The van der Waals surface area contributed by atoms with Gasteiger partial charge in [0.15, 0.2) is 0 Å². The summed E-state index contributed by atoms with van der Waals surface area (Å²) in [6.07, 6.45) is 2.36. The quantitative estimate of drug-likeness (QED) is 0.147. The van der Waals surface area contributed by atoms with E-state index in [-0.39, 0.29) is 19.3 Å². The molecule has 0 saturated carbocycles. The summed E-state index contributed by atoms with van der Waals surface area (Å²) in [6, 6.07) is 22.9. The summed E-state index contributed by atoms with van der Waals surface area (Å²) in [7, 11) is 0. The van der Waals surface area contributed by atoms with Crippen LogP contribution in [0.4, 0.5) is 0 Å². The molecule has 3 atom stereocenters. The first-order chi connectivity index (χ1) is 19.8. The predicted octanol–water partition coefficient (Wildman–Crippen LogP) is 1.69. The molecule has 1 heterocycles. The van der Waals surface area contributed by atoms with Crippen LogP contribution < -0.4 is 21.7 Å². The van der Waals surface area contributed by atoms with Crippen molar-refractivity contribution in [2.75, 3.05) is 6.54 Å². The van der Waals surface area contributed by atoms with Gasteiger partial charge in [0.25, 0.3) is 0 Å². The van der Waals surface area contributed by atoms with Crippen molar-refractivity contribution >= 4 is 34.6 Å². The second-order valence-corrected chi connectivity index (χ2v) is 9.78. The van der Waals surface area contributed by atoms with E-state index in [0.717, 1.165) is 27.6 Å². The van der Waals surface area contributed by atoms with E-state index < -0.39 is 48.4 Å². The van der Waals surface area contributed by atoms with E-state index in [9.17, 15) is 19.2 Å². The topological polar surface area (TPSA) is 166 Å². The molecule has 3 aromatic carbocycles. The van der Waals surface area contributed by atoms with Gasteiger partial charge in [-0.2, -0.15) is 0 Å². The number of aliphatic carboxylic acids is 1. The summed E-state index contributed by atoms with van der Waals surface area (Å²) < 4.78 is 0. The van der Waals surface area contributed by atoms with Crippen molar-refractivity contribution in [1.82, 2.24) is 20.9 Å². The third-order valence-corrected chi connectivity index (χ3v) is 6.70. The lowest BCUT2D eigenvalue weighted by Crippen LogP contribution is -2.57. The van der Waals surface area contributed by atoms with Gasteiger partial charge in [-0.25, -0.2) is 0 Å². The van der Waals surface area contributed by atoms with Crippen molar-refractivity contribution in [3.05, 3.63) is 108 Å². The summed E-state index contributed by atoms with van der Waals surface area (Å²) in [5, 5.41) is 17.8. The van der Waals surface area contributed by atoms with Gasteiger partial charge in [-0.1, -0.05) is 78.9 Å².